The maximum absolute atomic E-state index is 13.3. The number of nitriles is 1. The van der Waals surface area contributed by atoms with Crippen molar-refractivity contribution in [2.45, 2.75) is 13.0 Å². The van der Waals surface area contributed by atoms with Crippen LogP contribution in [0.3, 0.4) is 0 Å². The van der Waals surface area contributed by atoms with Crippen LogP contribution in [0.15, 0.2) is 46.9 Å². The molecule has 1 unspecified atom stereocenters. The van der Waals surface area contributed by atoms with Gasteiger partial charge < -0.3 is 10.1 Å². The number of rotatable bonds is 5. The maximum Gasteiger partial charge on any atom is 0.174 e. The third-order valence-corrected chi connectivity index (χ3v) is 3.68. The topological polar surface area (TPSA) is 45.0 Å². The van der Waals surface area contributed by atoms with Crippen molar-refractivity contribution in [1.82, 2.24) is 0 Å². The molecular formula is C16H14BrFN2O. The summed E-state index contributed by atoms with van der Waals surface area (Å²) in [5.41, 5.74) is 1.74. The third-order valence-electron chi connectivity index (χ3n) is 2.98. The van der Waals surface area contributed by atoms with Crippen LogP contribution in [0.5, 0.6) is 5.75 Å². The van der Waals surface area contributed by atoms with Gasteiger partial charge in [0, 0.05) is 10.5 Å². The second-order valence-electron chi connectivity index (χ2n) is 4.51. The summed E-state index contributed by atoms with van der Waals surface area (Å²) in [6, 6.07) is 13.9. The molecule has 0 aromatic heterocycles. The Morgan fingerprint density at radius 3 is 2.67 bits per heavy atom. The molecule has 21 heavy (non-hydrogen) atoms. The number of nitrogens with zero attached hydrogens (tertiary/aromatic N) is 1. The fourth-order valence-corrected chi connectivity index (χ4v) is 2.25. The van der Waals surface area contributed by atoms with Gasteiger partial charge in [0.1, 0.15) is 17.6 Å². The van der Waals surface area contributed by atoms with Crippen molar-refractivity contribution in [2.24, 2.45) is 0 Å². The Morgan fingerprint density at radius 1 is 1.29 bits per heavy atom. The van der Waals surface area contributed by atoms with Gasteiger partial charge in [-0.3, -0.25) is 0 Å². The number of ether oxygens (including phenoxy) is 1. The van der Waals surface area contributed by atoms with Crippen molar-refractivity contribution in [3.05, 3.63) is 58.3 Å². The molecule has 108 valence electrons. The lowest BCUT2D eigenvalue weighted by atomic mass is 10.1. The lowest BCUT2D eigenvalue weighted by Crippen LogP contribution is -2.07. The molecule has 5 heteroatoms. The van der Waals surface area contributed by atoms with E-state index in [1.807, 2.05) is 37.3 Å². The van der Waals surface area contributed by atoms with Gasteiger partial charge in [-0.25, -0.2) is 4.39 Å². The number of benzene rings is 2. The van der Waals surface area contributed by atoms with Gasteiger partial charge in [-0.15, -0.1) is 0 Å². The van der Waals surface area contributed by atoms with E-state index in [1.165, 1.54) is 12.1 Å². The fourth-order valence-electron chi connectivity index (χ4n) is 1.89. The Labute approximate surface area is 131 Å². The second-order valence-corrected chi connectivity index (χ2v) is 5.36. The molecule has 0 saturated carbocycles. The summed E-state index contributed by atoms with van der Waals surface area (Å²) < 4.78 is 19.3. The predicted molar refractivity (Wildman–Crippen MR) is 83.7 cm³/mol. The minimum Gasteiger partial charge on any atom is -0.479 e. The number of hydrogen-bond donors (Lipinski definition) is 1. The Kier molecular flexibility index (Phi) is 5.18. The van der Waals surface area contributed by atoms with Crippen molar-refractivity contribution in [3.8, 4) is 11.8 Å². The third kappa shape index (κ3) is 4.20. The second kappa shape index (κ2) is 7.09. The molecule has 0 aliphatic heterocycles. The van der Waals surface area contributed by atoms with Gasteiger partial charge in [-0.2, -0.15) is 5.26 Å². The highest BCUT2D eigenvalue weighted by Crippen LogP contribution is 2.28. The van der Waals surface area contributed by atoms with Crippen molar-refractivity contribution in [3.63, 3.8) is 0 Å². The Hall–Kier alpha value is -2.06. The number of hydrogen-bond acceptors (Lipinski definition) is 3. The van der Waals surface area contributed by atoms with Crippen molar-refractivity contribution < 1.29 is 9.13 Å². The van der Waals surface area contributed by atoms with E-state index in [0.29, 0.717) is 11.4 Å². The first-order chi connectivity index (χ1) is 10.1. The molecule has 0 radical (unpaired) electrons. The summed E-state index contributed by atoms with van der Waals surface area (Å²) in [5, 5.41) is 11.7. The quantitative estimate of drug-likeness (QED) is 0.854. The zero-order valence-electron chi connectivity index (χ0n) is 11.4. The van der Waals surface area contributed by atoms with Gasteiger partial charge in [0.2, 0.25) is 0 Å². The molecular weight excluding hydrogens is 335 g/mol. The van der Waals surface area contributed by atoms with E-state index in [9.17, 15) is 4.39 Å². The molecule has 2 rings (SSSR count). The summed E-state index contributed by atoms with van der Waals surface area (Å²) in [5.74, 6) is 0.368. The predicted octanol–water partition coefficient (Wildman–Crippen LogP) is 4.66. The molecule has 3 nitrogen and oxygen atoms in total. The van der Waals surface area contributed by atoms with Gasteiger partial charge in [0.05, 0.1) is 5.69 Å². The average Bonchev–Trinajstić information content (AvgIpc) is 2.49. The molecule has 2 aromatic carbocycles. The standard InChI is InChI=1S/C16H14BrFN2O/c1-11(20-16-10-13(18)4-7-15(16)17)12-2-5-14(6-3-12)21-9-8-19/h2-7,10-11,20H,9H2,1H3. The van der Waals surface area contributed by atoms with Crippen LogP contribution in [0.2, 0.25) is 0 Å². The first-order valence-corrected chi connectivity index (χ1v) is 7.21. The fraction of sp³-hybridized carbons (Fsp3) is 0.188. The SMILES string of the molecule is CC(Nc1cc(F)ccc1Br)c1ccc(OCC#N)cc1. The molecule has 0 amide bonds. The molecule has 0 aliphatic carbocycles. The zero-order chi connectivity index (χ0) is 15.2. The van der Waals surface area contributed by atoms with Crippen LogP contribution in [0, 0.1) is 17.1 Å². The highest BCUT2D eigenvalue weighted by molar-refractivity contribution is 9.10. The van der Waals surface area contributed by atoms with Gasteiger partial charge >= 0.3 is 0 Å². The van der Waals surface area contributed by atoms with Crippen molar-refractivity contribution >= 4 is 21.6 Å². The minimum atomic E-state index is -0.284. The molecule has 0 bridgehead atoms. The monoisotopic (exact) mass is 348 g/mol. The lowest BCUT2D eigenvalue weighted by Gasteiger charge is -2.17. The van der Waals surface area contributed by atoms with Gasteiger partial charge in [0.15, 0.2) is 6.61 Å². The van der Waals surface area contributed by atoms with Crippen molar-refractivity contribution in [2.75, 3.05) is 11.9 Å². The van der Waals surface area contributed by atoms with E-state index in [-0.39, 0.29) is 18.5 Å². The smallest absolute Gasteiger partial charge is 0.174 e. The normalized spacial score (nSPS) is 11.5. The summed E-state index contributed by atoms with van der Waals surface area (Å²) in [4.78, 5) is 0. The van der Waals surface area contributed by atoms with Crippen molar-refractivity contribution in [1.29, 1.82) is 5.26 Å². The van der Waals surface area contributed by atoms with Crippen LogP contribution in [0.1, 0.15) is 18.5 Å². The summed E-state index contributed by atoms with van der Waals surface area (Å²) in [6.45, 7) is 2.02. The average molecular weight is 349 g/mol. The highest BCUT2D eigenvalue weighted by Gasteiger charge is 2.08. The highest BCUT2D eigenvalue weighted by atomic mass is 79.9. The van der Waals surface area contributed by atoms with E-state index in [2.05, 4.69) is 21.2 Å². The van der Waals surface area contributed by atoms with Crippen LogP contribution in [-0.2, 0) is 0 Å². The van der Waals surface area contributed by atoms with Crippen LogP contribution in [0.4, 0.5) is 10.1 Å². The van der Waals surface area contributed by atoms with Crippen LogP contribution in [0.25, 0.3) is 0 Å². The van der Waals surface area contributed by atoms with Crippen LogP contribution in [-0.4, -0.2) is 6.61 Å². The lowest BCUT2D eigenvalue weighted by molar-refractivity contribution is 0.368. The van der Waals surface area contributed by atoms with Gasteiger partial charge in [0.25, 0.3) is 0 Å². The zero-order valence-corrected chi connectivity index (χ0v) is 13.0. The van der Waals surface area contributed by atoms with Crippen LogP contribution >= 0.6 is 15.9 Å². The van der Waals surface area contributed by atoms with E-state index in [0.717, 1.165) is 10.0 Å². The number of halogens is 2. The Balaban J connectivity index is 2.08. The van der Waals surface area contributed by atoms with E-state index < -0.39 is 0 Å². The van der Waals surface area contributed by atoms with E-state index in [1.54, 1.807) is 6.07 Å². The van der Waals surface area contributed by atoms with Crippen LogP contribution < -0.4 is 10.1 Å². The molecule has 0 saturated heterocycles. The molecule has 0 aliphatic rings. The summed E-state index contributed by atoms with van der Waals surface area (Å²) >= 11 is 3.39. The number of anilines is 1. The summed E-state index contributed by atoms with van der Waals surface area (Å²) in [6.07, 6.45) is 0. The Bertz CT molecular complexity index is 652. The van der Waals surface area contributed by atoms with E-state index in [4.69, 9.17) is 10.00 Å². The molecule has 1 N–H and O–H groups in total. The number of nitrogens with one attached hydrogen (secondary N) is 1. The van der Waals surface area contributed by atoms with Gasteiger partial charge in [-0.1, -0.05) is 12.1 Å². The Morgan fingerprint density at radius 2 is 2.00 bits per heavy atom. The maximum atomic E-state index is 13.3. The molecule has 0 fully saturated rings. The minimum absolute atomic E-state index is 0.00752. The molecule has 2 aromatic rings. The molecule has 0 spiro atoms. The first-order valence-electron chi connectivity index (χ1n) is 6.41. The van der Waals surface area contributed by atoms with E-state index >= 15 is 0 Å². The first kappa shape index (κ1) is 15.3. The molecule has 1 atom stereocenters. The summed E-state index contributed by atoms with van der Waals surface area (Å²) in [7, 11) is 0. The van der Waals surface area contributed by atoms with Gasteiger partial charge in [-0.05, 0) is 58.7 Å². The molecule has 0 heterocycles. The largest absolute Gasteiger partial charge is 0.479 e.